The van der Waals surface area contributed by atoms with Crippen molar-refractivity contribution in [1.29, 1.82) is 10.5 Å². The van der Waals surface area contributed by atoms with E-state index in [1.165, 1.54) is 0 Å². The number of para-hydroxylation sites is 1. The minimum Gasteiger partial charge on any atom is -0.489 e. The standard InChI is InChI=1S/C15H10N2O/c16-9-12-6-7-13(14(8-12)10-17)11-18-15-4-2-1-3-5-15/h1-8H,11H2. The Kier molecular flexibility index (Phi) is 3.59. The molecule has 0 radical (unpaired) electrons. The summed E-state index contributed by atoms with van der Waals surface area (Å²) in [6.45, 7) is 0.318. The van der Waals surface area contributed by atoms with Gasteiger partial charge in [-0.3, -0.25) is 0 Å². The van der Waals surface area contributed by atoms with Gasteiger partial charge in [0.25, 0.3) is 0 Å². The van der Waals surface area contributed by atoms with Crippen LogP contribution in [0.25, 0.3) is 0 Å². The summed E-state index contributed by atoms with van der Waals surface area (Å²) in [5.74, 6) is 0.755. The Labute approximate surface area is 105 Å². The van der Waals surface area contributed by atoms with Crippen LogP contribution in [-0.2, 0) is 6.61 Å². The molecule has 0 saturated heterocycles. The van der Waals surface area contributed by atoms with E-state index in [4.69, 9.17) is 15.3 Å². The summed E-state index contributed by atoms with van der Waals surface area (Å²) in [5, 5.41) is 17.8. The van der Waals surface area contributed by atoms with Gasteiger partial charge in [0, 0.05) is 5.56 Å². The molecule has 2 rings (SSSR count). The van der Waals surface area contributed by atoms with Crippen molar-refractivity contribution in [2.45, 2.75) is 6.61 Å². The van der Waals surface area contributed by atoms with Crippen molar-refractivity contribution in [1.82, 2.24) is 0 Å². The number of ether oxygens (including phenoxy) is 1. The highest BCUT2D eigenvalue weighted by atomic mass is 16.5. The highest BCUT2D eigenvalue weighted by Crippen LogP contribution is 2.15. The first-order valence-electron chi connectivity index (χ1n) is 5.44. The van der Waals surface area contributed by atoms with Crippen LogP contribution in [0.15, 0.2) is 48.5 Å². The molecule has 0 aliphatic heterocycles. The van der Waals surface area contributed by atoms with E-state index in [0.29, 0.717) is 17.7 Å². The smallest absolute Gasteiger partial charge is 0.119 e. The van der Waals surface area contributed by atoms with Crippen molar-refractivity contribution in [3.63, 3.8) is 0 Å². The summed E-state index contributed by atoms with van der Waals surface area (Å²) in [6, 6.07) is 18.5. The zero-order valence-electron chi connectivity index (χ0n) is 9.63. The van der Waals surface area contributed by atoms with E-state index in [1.807, 2.05) is 36.4 Å². The molecule has 0 aliphatic carbocycles. The molecule has 0 bridgehead atoms. The minimum absolute atomic E-state index is 0.318. The number of nitrogens with zero attached hydrogens (tertiary/aromatic N) is 2. The van der Waals surface area contributed by atoms with E-state index < -0.39 is 0 Å². The van der Waals surface area contributed by atoms with Crippen molar-refractivity contribution in [2.75, 3.05) is 0 Å². The summed E-state index contributed by atoms with van der Waals surface area (Å²) < 4.78 is 5.57. The van der Waals surface area contributed by atoms with E-state index in [1.54, 1.807) is 18.2 Å². The van der Waals surface area contributed by atoms with Gasteiger partial charge in [-0.2, -0.15) is 10.5 Å². The largest absolute Gasteiger partial charge is 0.489 e. The van der Waals surface area contributed by atoms with Gasteiger partial charge < -0.3 is 4.74 Å². The Morgan fingerprint density at radius 3 is 2.39 bits per heavy atom. The third kappa shape index (κ3) is 2.66. The van der Waals surface area contributed by atoms with Gasteiger partial charge in [-0.1, -0.05) is 24.3 Å². The highest BCUT2D eigenvalue weighted by Gasteiger charge is 2.04. The molecule has 0 amide bonds. The first-order valence-corrected chi connectivity index (χ1v) is 5.44. The third-order valence-electron chi connectivity index (χ3n) is 2.50. The van der Waals surface area contributed by atoms with E-state index >= 15 is 0 Å². The molecule has 2 aromatic rings. The van der Waals surface area contributed by atoms with Crippen molar-refractivity contribution in [2.24, 2.45) is 0 Å². The highest BCUT2D eigenvalue weighted by molar-refractivity contribution is 5.44. The Hall–Kier alpha value is -2.78. The summed E-state index contributed by atoms with van der Waals surface area (Å²) in [5.41, 5.74) is 1.74. The zero-order chi connectivity index (χ0) is 12.8. The zero-order valence-corrected chi connectivity index (χ0v) is 9.63. The molecular weight excluding hydrogens is 224 g/mol. The van der Waals surface area contributed by atoms with Crippen molar-refractivity contribution in [3.8, 4) is 17.9 Å². The predicted molar refractivity (Wildman–Crippen MR) is 66.6 cm³/mol. The van der Waals surface area contributed by atoms with Crippen LogP contribution in [0.2, 0.25) is 0 Å². The van der Waals surface area contributed by atoms with E-state index in [9.17, 15) is 0 Å². The second-order valence-corrected chi connectivity index (χ2v) is 3.70. The lowest BCUT2D eigenvalue weighted by Crippen LogP contribution is -1.98. The molecule has 0 atom stereocenters. The maximum Gasteiger partial charge on any atom is 0.119 e. The lowest BCUT2D eigenvalue weighted by molar-refractivity contribution is 0.306. The second kappa shape index (κ2) is 5.52. The van der Waals surface area contributed by atoms with E-state index in [-0.39, 0.29) is 0 Å². The van der Waals surface area contributed by atoms with Crippen LogP contribution >= 0.6 is 0 Å². The number of hydrogen-bond donors (Lipinski definition) is 0. The maximum atomic E-state index is 9.02. The molecule has 3 heteroatoms. The van der Waals surface area contributed by atoms with Crippen molar-refractivity contribution >= 4 is 0 Å². The SMILES string of the molecule is N#Cc1ccc(COc2ccccc2)c(C#N)c1. The van der Waals surface area contributed by atoms with Crippen LogP contribution in [0.3, 0.4) is 0 Å². The first kappa shape index (κ1) is 11.7. The molecule has 0 unspecified atom stereocenters. The summed E-state index contributed by atoms with van der Waals surface area (Å²) in [4.78, 5) is 0. The fourth-order valence-electron chi connectivity index (χ4n) is 1.55. The topological polar surface area (TPSA) is 56.8 Å². The molecule has 0 aliphatic rings. The molecule has 3 nitrogen and oxygen atoms in total. The summed E-state index contributed by atoms with van der Waals surface area (Å²) >= 11 is 0. The van der Waals surface area contributed by atoms with Gasteiger partial charge in [-0.25, -0.2) is 0 Å². The Morgan fingerprint density at radius 2 is 1.72 bits per heavy atom. The van der Waals surface area contributed by atoms with Crippen LogP contribution in [0, 0.1) is 22.7 Å². The van der Waals surface area contributed by atoms with Crippen molar-refractivity contribution < 1.29 is 4.74 Å². The third-order valence-corrected chi connectivity index (χ3v) is 2.50. The van der Waals surface area contributed by atoms with Gasteiger partial charge in [0.1, 0.15) is 12.4 Å². The second-order valence-electron chi connectivity index (χ2n) is 3.70. The lowest BCUT2D eigenvalue weighted by Gasteiger charge is -2.07. The number of hydrogen-bond acceptors (Lipinski definition) is 3. The molecule has 0 N–H and O–H groups in total. The van der Waals surface area contributed by atoms with Gasteiger partial charge in [0.2, 0.25) is 0 Å². The molecular formula is C15H10N2O. The van der Waals surface area contributed by atoms with Crippen LogP contribution in [0.5, 0.6) is 5.75 Å². The van der Waals surface area contributed by atoms with E-state index in [0.717, 1.165) is 11.3 Å². The molecule has 18 heavy (non-hydrogen) atoms. The normalized spacial score (nSPS) is 9.22. The Balaban J connectivity index is 2.16. The number of nitriles is 2. The average molecular weight is 234 g/mol. The van der Waals surface area contributed by atoms with E-state index in [2.05, 4.69) is 6.07 Å². The van der Waals surface area contributed by atoms with Crippen LogP contribution in [0.1, 0.15) is 16.7 Å². The van der Waals surface area contributed by atoms with Crippen molar-refractivity contribution in [3.05, 3.63) is 65.2 Å². The summed E-state index contributed by atoms with van der Waals surface area (Å²) in [7, 11) is 0. The molecule has 0 spiro atoms. The Morgan fingerprint density at radius 1 is 0.944 bits per heavy atom. The molecule has 0 aromatic heterocycles. The van der Waals surface area contributed by atoms with Crippen LogP contribution in [0.4, 0.5) is 0 Å². The number of rotatable bonds is 3. The lowest BCUT2D eigenvalue weighted by atomic mass is 10.1. The fraction of sp³-hybridized carbons (Fsp3) is 0.0667. The van der Waals surface area contributed by atoms with Crippen LogP contribution < -0.4 is 4.74 Å². The molecule has 0 saturated carbocycles. The minimum atomic E-state index is 0.318. The molecule has 0 fully saturated rings. The van der Waals surface area contributed by atoms with Gasteiger partial charge in [-0.05, 0) is 24.3 Å². The van der Waals surface area contributed by atoms with Gasteiger partial charge >= 0.3 is 0 Å². The average Bonchev–Trinajstić information content (AvgIpc) is 2.46. The van der Waals surface area contributed by atoms with Crippen LogP contribution in [-0.4, -0.2) is 0 Å². The van der Waals surface area contributed by atoms with Gasteiger partial charge in [0.15, 0.2) is 0 Å². The fourth-order valence-corrected chi connectivity index (χ4v) is 1.55. The number of benzene rings is 2. The van der Waals surface area contributed by atoms with Gasteiger partial charge in [-0.15, -0.1) is 0 Å². The maximum absolute atomic E-state index is 9.02. The molecule has 0 heterocycles. The first-order chi connectivity index (χ1) is 8.83. The monoisotopic (exact) mass is 234 g/mol. The molecule has 86 valence electrons. The molecule has 2 aromatic carbocycles. The van der Waals surface area contributed by atoms with Gasteiger partial charge in [0.05, 0.1) is 23.3 Å². The summed E-state index contributed by atoms with van der Waals surface area (Å²) in [6.07, 6.45) is 0. The quantitative estimate of drug-likeness (QED) is 0.820. The predicted octanol–water partition coefficient (Wildman–Crippen LogP) is 3.01. The Bertz CT molecular complexity index is 621.